The van der Waals surface area contributed by atoms with E-state index in [0.717, 1.165) is 56.2 Å². The Hall–Kier alpha value is -3.35. The van der Waals surface area contributed by atoms with Crippen LogP contribution in [0.1, 0.15) is 24.1 Å². The van der Waals surface area contributed by atoms with Gasteiger partial charge in [-0.15, -0.1) is 0 Å². The van der Waals surface area contributed by atoms with Crippen LogP contribution in [0.3, 0.4) is 0 Å². The molecular formula is C23H30N6O. The van der Waals surface area contributed by atoms with E-state index in [1.54, 1.807) is 25.4 Å². The maximum Gasteiger partial charge on any atom is 0.250 e. The molecular weight excluding hydrogens is 376 g/mol. The first-order valence-corrected chi connectivity index (χ1v) is 10.4. The van der Waals surface area contributed by atoms with E-state index in [2.05, 4.69) is 45.0 Å². The fraction of sp³-hybridized carbons (Fsp3) is 0.348. The normalized spacial score (nSPS) is 11.5. The van der Waals surface area contributed by atoms with Gasteiger partial charge in [0.05, 0.1) is 5.69 Å². The molecule has 0 aliphatic rings. The Balaban J connectivity index is 1.34. The van der Waals surface area contributed by atoms with Crippen molar-refractivity contribution in [2.75, 3.05) is 20.1 Å². The van der Waals surface area contributed by atoms with Gasteiger partial charge >= 0.3 is 0 Å². The maximum absolute atomic E-state index is 11.9. The first-order valence-electron chi connectivity index (χ1n) is 10.4. The van der Waals surface area contributed by atoms with E-state index in [1.807, 2.05) is 34.5 Å². The molecule has 158 valence electrons. The van der Waals surface area contributed by atoms with Gasteiger partial charge in [0.2, 0.25) is 0 Å². The zero-order chi connectivity index (χ0) is 21.2. The summed E-state index contributed by atoms with van der Waals surface area (Å²) in [5, 5.41) is 10.9. The van der Waals surface area contributed by atoms with Crippen LogP contribution in [0.5, 0.6) is 0 Å². The topological polar surface area (TPSA) is 76.2 Å². The Kier molecular flexibility index (Phi) is 7.83. The van der Waals surface area contributed by atoms with Crippen molar-refractivity contribution in [1.82, 2.24) is 25.0 Å². The van der Waals surface area contributed by atoms with Crippen LogP contribution in [0.25, 0.3) is 5.69 Å². The predicted molar refractivity (Wildman–Crippen MR) is 121 cm³/mol. The summed E-state index contributed by atoms with van der Waals surface area (Å²) in [4.78, 5) is 16.2. The quantitative estimate of drug-likeness (QED) is 0.325. The Morgan fingerprint density at radius 3 is 2.53 bits per heavy atom. The molecule has 30 heavy (non-hydrogen) atoms. The summed E-state index contributed by atoms with van der Waals surface area (Å²) in [7, 11) is 1.78. The second-order valence-electron chi connectivity index (χ2n) is 7.16. The minimum atomic E-state index is 0.0677. The van der Waals surface area contributed by atoms with Crippen molar-refractivity contribution >= 4 is 5.96 Å². The summed E-state index contributed by atoms with van der Waals surface area (Å²) in [6.45, 7) is 4.34. The molecule has 2 N–H and O–H groups in total. The van der Waals surface area contributed by atoms with Crippen LogP contribution in [0.15, 0.2) is 70.7 Å². The van der Waals surface area contributed by atoms with Gasteiger partial charge in [-0.2, -0.15) is 5.10 Å². The van der Waals surface area contributed by atoms with E-state index in [1.165, 1.54) is 5.56 Å². The lowest BCUT2D eigenvalue weighted by molar-refractivity contribution is 0.575. The van der Waals surface area contributed by atoms with Gasteiger partial charge in [-0.25, -0.2) is 4.68 Å². The van der Waals surface area contributed by atoms with Crippen molar-refractivity contribution < 1.29 is 0 Å². The first kappa shape index (κ1) is 21.4. The van der Waals surface area contributed by atoms with Crippen molar-refractivity contribution in [3.8, 4) is 5.69 Å². The third-order valence-corrected chi connectivity index (χ3v) is 5.00. The van der Waals surface area contributed by atoms with Crippen LogP contribution < -0.4 is 16.2 Å². The highest BCUT2D eigenvalue weighted by Gasteiger charge is 2.01. The molecule has 7 nitrogen and oxygen atoms in total. The second kappa shape index (κ2) is 11.0. The number of guanidine groups is 1. The second-order valence-corrected chi connectivity index (χ2v) is 7.16. The summed E-state index contributed by atoms with van der Waals surface area (Å²) in [5.74, 6) is 0.802. The van der Waals surface area contributed by atoms with Gasteiger partial charge in [0.1, 0.15) is 0 Å². The summed E-state index contributed by atoms with van der Waals surface area (Å²) < 4.78 is 3.67. The molecule has 7 heteroatoms. The summed E-state index contributed by atoms with van der Waals surface area (Å²) in [6.07, 6.45) is 6.54. The lowest BCUT2D eigenvalue weighted by Gasteiger charge is -2.13. The van der Waals surface area contributed by atoms with Gasteiger partial charge in [-0.05, 0) is 56.0 Å². The van der Waals surface area contributed by atoms with E-state index >= 15 is 0 Å². The van der Waals surface area contributed by atoms with Crippen molar-refractivity contribution in [3.05, 3.63) is 82.5 Å². The molecule has 0 amide bonds. The maximum atomic E-state index is 11.9. The third kappa shape index (κ3) is 6.07. The van der Waals surface area contributed by atoms with Crippen molar-refractivity contribution in [3.63, 3.8) is 0 Å². The predicted octanol–water partition coefficient (Wildman–Crippen LogP) is 2.53. The molecule has 0 aliphatic carbocycles. The van der Waals surface area contributed by atoms with Gasteiger partial charge in [0.25, 0.3) is 5.56 Å². The molecule has 0 fully saturated rings. The van der Waals surface area contributed by atoms with Gasteiger partial charge in [0.15, 0.2) is 5.96 Å². The highest BCUT2D eigenvalue weighted by Crippen LogP contribution is 2.08. The number of rotatable bonds is 9. The minimum Gasteiger partial charge on any atom is -0.356 e. The number of hydrogen-bond donors (Lipinski definition) is 2. The molecule has 0 atom stereocenters. The summed E-state index contributed by atoms with van der Waals surface area (Å²) >= 11 is 0. The SMILES string of the molecule is CN=C(NCCCCn1c(C)cccc1=O)NCCc1ccc(-n2cccn2)cc1. The molecule has 0 unspecified atom stereocenters. The Labute approximate surface area is 177 Å². The highest BCUT2D eigenvalue weighted by molar-refractivity contribution is 5.79. The fourth-order valence-electron chi connectivity index (χ4n) is 3.29. The van der Waals surface area contributed by atoms with Crippen molar-refractivity contribution in [2.45, 2.75) is 32.7 Å². The number of unbranched alkanes of at least 4 members (excludes halogenated alkanes) is 1. The van der Waals surface area contributed by atoms with E-state index in [-0.39, 0.29) is 5.56 Å². The molecule has 0 saturated heterocycles. The first-order chi connectivity index (χ1) is 14.7. The number of aryl methyl sites for hydroxylation is 1. The average molecular weight is 407 g/mol. The van der Waals surface area contributed by atoms with E-state index in [0.29, 0.717) is 0 Å². The third-order valence-electron chi connectivity index (χ3n) is 5.00. The number of benzene rings is 1. The number of aromatic nitrogens is 3. The van der Waals surface area contributed by atoms with Crippen LogP contribution in [0, 0.1) is 6.92 Å². The molecule has 0 aliphatic heterocycles. The molecule has 1 aromatic carbocycles. The Morgan fingerprint density at radius 2 is 1.83 bits per heavy atom. The standard InChI is InChI=1S/C23H30N6O/c1-19-7-5-8-22(30)28(19)17-4-3-14-25-23(24-2)26-16-13-20-9-11-21(12-10-20)29-18-6-15-27-29/h5-12,15,18H,3-4,13-14,16-17H2,1-2H3,(H2,24,25,26). The molecule has 0 spiro atoms. The number of nitrogens with one attached hydrogen (secondary N) is 2. The van der Waals surface area contributed by atoms with Crippen molar-refractivity contribution in [2.24, 2.45) is 4.99 Å². The van der Waals surface area contributed by atoms with Gasteiger partial charge in [-0.3, -0.25) is 9.79 Å². The largest absolute Gasteiger partial charge is 0.356 e. The number of pyridine rings is 1. The lowest BCUT2D eigenvalue weighted by atomic mass is 10.1. The monoisotopic (exact) mass is 406 g/mol. The summed E-state index contributed by atoms with van der Waals surface area (Å²) in [5.41, 5.74) is 3.39. The Morgan fingerprint density at radius 1 is 1.03 bits per heavy atom. The van der Waals surface area contributed by atoms with Crippen LogP contribution in [0.4, 0.5) is 0 Å². The zero-order valence-electron chi connectivity index (χ0n) is 17.7. The molecule has 0 saturated carbocycles. The molecule has 2 aromatic heterocycles. The molecule has 3 aromatic rings. The summed E-state index contributed by atoms with van der Waals surface area (Å²) in [6, 6.07) is 15.7. The molecule has 2 heterocycles. The lowest BCUT2D eigenvalue weighted by Crippen LogP contribution is -2.38. The molecule has 0 radical (unpaired) electrons. The minimum absolute atomic E-state index is 0.0677. The van der Waals surface area contributed by atoms with Gasteiger partial charge < -0.3 is 15.2 Å². The average Bonchev–Trinajstić information content (AvgIpc) is 3.29. The molecule has 3 rings (SSSR count). The van der Waals surface area contributed by atoms with E-state index in [9.17, 15) is 4.79 Å². The fourth-order valence-corrected chi connectivity index (χ4v) is 3.29. The van der Waals surface area contributed by atoms with Crippen LogP contribution in [-0.2, 0) is 13.0 Å². The van der Waals surface area contributed by atoms with E-state index in [4.69, 9.17) is 0 Å². The van der Waals surface area contributed by atoms with Gasteiger partial charge in [0, 0.05) is 50.8 Å². The van der Waals surface area contributed by atoms with Crippen LogP contribution >= 0.6 is 0 Å². The van der Waals surface area contributed by atoms with Gasteiger partial charge in [-0.1, -0.05) is 18.2 Å². The van der Waals surface area contributed by atoms with Crippen molar-refractivity contribution in [1.29, 1.82) is 0 Å². The van der Waals surface area contributed by atoms with Crippen LogP contribution in [0.2, 0.25) is 0 Å². The Bertz CT molecular complexity index is 989. The number of aliphatic imine (C=N–C) groups is 1. The molecule has 0 bridgehead atoms. The number of hydrogen-bond acceptors (Lipinski definition) is 3. The van der Waals surface area contributed by atoms with Crippen LogP contribution in [-0.4, -0.2) is 40.4 Å². The van der Waals surface area contributed by atoms with E-state index < -0.39 is 0 Å². The number of nitrogens with zero attached hydrogens (tertiary/aromatic N) is 4. The highest BCUT2D eigenvalue weighted by atomic mass is 16.1. The smallest absolute Gasteiger partial charge is 0.250 e. The zero-order valence-corrected chi connectivity index (χ0v) is 17.7.